The molecule has 16 heavy (non-hydrogen) atoms. The zero-order chi connectivity index (χ0) is 12.0. The summed E-state index contributed by atoms with van der Waals surface area (Å²) >= 11 is 0. The van der Waals surface area contributed by atoms with Crippen LogP contribution in [-0.2, 0) is 4.74 Å². The van der Waals surface area contributed by atoms with E-state index in [4.69, 9.17) is 15.2 Å². The smallest absolute Gasteiger partial charge is 0.165 e. The molecule has 0 spiro atoms. The van der Waals surface area contributed by atoms with E-state index in [9.17, 15) is 4.39 Å². The molecule has 0 saturated heterocycles. The third kappa shape index (κ3) is 3.47. The highest BCUT2D eigenvalue weighted by molar-refractivity contribution is 5.36. The van der Waals surface area contributed by atoms with Crippen LogP contribution < -0.4 is 10.5 Å². The van der Waals surface area contributed by atoms with Gasteiger partial charge >= 0.3 is 0 Å². The van der Waals surface area contributed by atoms with E-state index < -0.39 is 0 Å². The van der Waals surface area contributed by atoms with Crippen molar-refractivity contribution in [1.82, 2.24) is 0 Å². The molecule has 2 N–H and O–H groups in total. The average molecular weight is 227 g/mol. The number of benzene rings is 1. The Labute approximate surface area is 95.4 Å². The third-order valence-electron chi connectivity index (χ3n) is 2.17. The molecule has 0 aliphatic carbocycles. The van der Waals surface area contributed by atoms with Gasteiger partial charge in [-0.15, -0.1) is 0 Å². The first kappa shape index (κ1) is 12.9. The molecule has 0 saturated carbocycles. The Bertz CT molecular complexity index is 329. The van der Waals surface area contributed by atoms with Gasteiger partial charge in [-0.05, 0) is 19.9 Å². The van der Waals surface area contributed by atoms with Crippen LogP contribution in [0.1, 0.15) is 25.5 Å². The SMILES string of the molecule is CCOCCOc1c(F)cccc1[C@@H](C)N. The molecule has 1 aromatic carbocycles. The van der Waals surface area contributed by atoms with E-state index in [1.54, 1.807) is 19.1 Å². The van der Waals surface area contributed by atoms with Gasteiger partial charge in [0.05, 0.1) is 6.61 Å². The van der Waals surface area contributed by atoms with Crippen LogP contribution in [0.25, 0.3) is 0 Å². The van der Waals surface area contributed by atoms with Crippen molar-refractivity contribution >= 4 is 0 Å². The summed E-state index contributed by atoms with van der Waals surface area (Å²) in [6.45, 7) is 5.10. The summed E-state index contributed by atoms with van der Waals surface area (Å²) in [6, 6.07) is 4.51. The van der Waals surface area contributed by atoms with Gasteiger partial charge in [-0.3, -0.25) is 0 Å². The summed E-state index contributed by atoms with van der Waals surface area (Å²) in [7, 11) is 0. The topological polar surface area (TPSA) is 44.5 Å². The second kappa shape index (κ2) is 6.45. The van der Waals surface area contributed by atoms with E-state index in [0.29, 0.717) is 25.4 Å². The molecule has 0 amide bonds. The van der Waals surface area contributed by atoms with Crippen molar-refractivity contribution in [3.05, 3.63) is 29.6 Å². The standard InChI is InChI=1S/C12H18FNO2/c1-3-15-7-8-16-12-10(9(2)14)5-4-6-11(12)13/h4-6,9H,3,7-8,14H2,1-2H3/t9-/m1/s1. The molecule has 0 heterocycles. The average Bonchev–Trinajstić information content (AvgIpc) is 2.25. The Hall–Kier alpha value is -1.13. The van der Waals surface area contributed by atoms with Crippen molar-refractivity contribution in [1.29, 1.82) is 0 Å². The largest absolute Gasteiger partial charge is 0.488 e. The number of ether oxygens (including phenoxy) is 2. The van der Waals surface area contributed by atoms with Crippen molar-refractivity contribution in [3.8, 4) is 5.75 Å². The molecule has 0 fully saturated rings. The molecule has 0 bridgehead atoms. The van der Waals surface area contributed by atoms with Crippen LogP contribution in [0.15, 0.2) is 18.2 Å². The first-order chi connectivity index (χ1) is 7.66. The summed E-state index contributed by atoms with van der Waals surface area (Å²) in [5, 5.41) is 0. The van der Waals surface area contributed by atoms with Gasteiger partial charge in [0.1, 0.15) is 6.61 Å². The lowest BCUT2D eigenvalue weighted by Gasteiger charge is -2.14. The van der Waals surface area contributed by atoms with Gasteiger partial charge in [0.25, 0.3) is 0 Å². The van der Waals surface area contributed by atoms with Gasteiger partial charge in [-0.25, -0.2) is 4.39 Å². The molecule has 1 atom stereocenters. The Morgan fingerprint density at radius 1 is 1.38 bits per heavy atom. The molecule has 0 aromatic heterocycles. The minimum absolute atomic E-state index is 0.234. The van der Waals surface area contributed by atoms with Crippen molar-refractivity contribution < 1.29 is 13.9 Å². The van der Waals surface area contributed by atoms with Gasteiger partial charge in [0.2, 0.25) is 0 Å². The number of para-hydroxylation sites is 1. The Morgan fingerprint density at radius 3 is 2.75 bits per heavy atom. The maximum atomic E-state index is 13.5. The van der Waals surface area contributed by atoms with E-state index >= 15 is 0 Å². The molecule has 1 aromatic rings. The predicted octanol–water partition coefficient (Wildman–Crippen LogP) is 2.26. The van der Waals surface area contributed by atoms with Crippen LogP contribution in [-0.4, -0.2) is 19.8 Å². The second-order valence-corrected chi connectivity index (χ2v) is 3.49. The first-order valence-electron chi connectivity index (χ1n) is 5.41. The van der Waals surface area contributed by atoms with E-state index in [2.05, 4.69) is 0 Å². The van der Waals surface area contributed by atoms with Gasteiger partial charge < -0.3 is 15.2 Å². The molecule has 0 radical (unpaired) electrons. The van der Waals surface area contributed by atoms with Crippen molar-refractivity contribution in [2.75, 3.05) is 19.8 Å². The fourth-order valence-electron chi connectivity index (χ4n) is 1.38. The number of nitrogens with two attached hydrogens (primary N) is 1. The zero-order valence-electron chi connectivity index (χ0n) is 9.70. The van der Waals surface area contributed by atoms with Crippen LogP contribution in [0, 0.1) is 5.82 Å². The van der Waals surface area contributed by atoms with Crippen molar-refractivity contribution in [3.63, 3.8) is 0 Å². The lowest BCUT2D eigenvalue weighted by molar-refractivity contribution is 0.108. The van der Waals surface area contributed by atoms with E-state index in [0.717, 1.165) is 0 Å². The predicted molar refractivity (Wildman–Crippen MR) is 61.0 cm³/mol. The normalized spacial score (nSPS) is 12.5. The molecule has 0 unspecified atom stereocenters. The van der Waals surface area contributed by atoms with Crippen molar-refractivity contribution in [2.24, 2.45) is 5.73 Å². The highest BCUT2D eigenvalue weighted by atomic mass is 19.1. The minimum atomic E-state index is -0.383. The summed E-state index contributed by atoms with van der Waals surface area (Å²) in [6.07, 6.45) is 0. The van der Waals surface area contributed by atoms with Crippen molar-refractivity contribution in [2.45, 2.75) is 19.9 Å². The number of hydrogen-bond donors (Lipinski definition) is 1. The highest BCUT2D eigenvalue weighted by Crippen LogP contribution is 2.26. The van der Waals surface area contributed by atoms with E-state index in [-0.39, 0.29) is 17.6 Å². The summed E-state index contributed by atoms with van der Waals surface area (Å²) < 4.78 is 24.0. The summed E-state index contributed by atoms with van der Waals surface area (Å²) in [5.41, 5.74) is 6.41. The fraction of sp³-hybridized carbons (Fsp3) is 0.500. The summed E-state index contributed by atoms with van der Waals surface area (Å²) in [4.78, 5) is 0. The maximum Gasteiger partial charge on any atom is 0.165 e. The Kier molecular flexibility index (Phi) is 5.22. The Balaban J connectivity index is 2.69. The first-order valence-corrected chi connectivity index (χ1v) is 5.41. The lowest BCUT2D eigenvalue weighted by atomic mass is 10.1. The fourth-order valence-corrected chi connectivity index (χ4v) is 1.38. The third-order valence-corrected chi connectivity index (χ3v) is 2.17. The van der Waals surface area contributed by atoms with Crippen LogP contribution in [0.3, 0.4) is 0 Å². The monoisotopic (exact) mass is 227 g/mol. The van der Waals surface area contributed by atoms with E-state index in [1.165, 1.54) is 6.07 Å². The van der Waals surface area contributed by atoms with Gasteiger partial charge in [-0.2, -0.15) is 0 Å². The van der Waals surface area contributed by atoms with Crippen LogP contribution in [0.5, 0.6) is 5.75 Å². The minimum Gasteiger partial charge on any atom is -0.488 e. The quantitative estimate of drug-likeness (QED) is 0.758. The van der Waals surface area contributed by atoms with Crippen LogP contribution >= 0.6 is 0 Å². The Morgan fingerprint density at radius 2 is 2.12 bits per heavy atom. The van der Waals surface area contributed by atoms with Gasteiger partial charge in [0, 0.05) is 18.2 Å². The molecule has 0 aliphatic rings. The van der Waals surface area contributed by atoms with Gasteiger partial charge in [0.15, 0.2) is 11.6 Å². The summed E-state index contributed by atoms with van der Waals surface area (Å²) in [5.74, 6) is -0.150. The van der Waals surface area contributed by atoms with E-state index in [1.807, 2.05) is 6.92 Å². The molecule has 0 aliphatic heterocycles. The molecular formula is C12H18FNO2. The molecule has 4 heteroatoms. The van der Waals surface area contributed by atoms with Crippen LogP contribution in [0.2, 0.25) is 0 Å². The number of halogens is 1. The lowest BCUT2D eigenvalue weighted by Crippen LogP contribution is -2.12. The highest BCUT2D eigenvalue weighted by Gasteiger charge is 2.12. The second-order valence-electron chi connectivity index (χ2n) is 3.49. The van der Waals surface area contributed by atoms with Crippen LogP contribution in [0.4, 0.5) is 4.39 Å². The molecule has 90 valence electrons. The molecular weight excluding hydrogens is 209 g/mol. The van der Waals surface area contributed by atoms with Gasteiger partial charge in [-0.1, -0.05) is 12.1 Å². The number of hydrogen-bond acceptors (Lipinski definition) is 3. The number of rotatable bonds is 6. The maximum absolute atomic E-state index is 13.5. The zero-order valence-corrected chi connectivity index (χ0v) is 9.70. The molecule has 1 rings (SSSR count). The molecule has 3 nitrogen and oxygen atoms in total.